The van der Waals surface area contributed by atoms with Gasteiger partial charge in [-0.1, -0.05) is 0 Å². The van der Waals surface area contributed by atoms with E-state index in [4.69, 9.17) is 12.2 Å². The van der Waals surface area contributed by atoms with Gasteiger partial charge in [-0.15, -0.1) is 12.3 Å². The Morgan fingerprint density at radius 2 is 2.25 bits per heavy atom. The molecule has 0 aromatic heterocycles. The first kappa shape index (κ1) is 11.0. The van der Waals surface area contributed by atoms with Crippen molar-refractivity contribution in [3.05, 3.63) is 0 Å². The summed E-state index contributed by atoms with van der Waals surface area (Å²) in [6, 6.07) is 0. The molecule has 3 nitrogen and oxygen atoms in total. The zero-order chi connectivity index (χ0) is 9.23. The number of nitrogens with one attached hydrogen (secondary N) is 1. The molecule has 0 unspecified atom stereocenters. The molecule has 0 fully saturated rings. The van der Waals surface area contributed by atoms with Gasteiger partial charge in [-0.05, 0) is 12.8 Å². The molecular formula is C9H16N2O. The summed E-state index contributed by atoms with van der Waals surface area (Å²) in [5, 5.41) is 2.75. The number of nitrogens with two attached hydrogens (primary N) is 1. The third kappa shape index (κ3) is 7.10. The molecule has 3 heteroatoms. The highest BCUT2D eigenvalue weighted by Crippen LogP contribution is 1.91. The van der Waals surface area contributed by atoms with Gasteiger partial charge in [0.1, 0.15) is 0 Å². The molecule has 0 atom stereocenters. The van der Waals surface area contributed by atoms with Crippen LogP contribution >= 0.6 is 0 Å². The molecule has 0 aromatic rings. The highest BCUT2D eigenvalue weighted by atomic mass is 16.1. The maximum atomic E-state index is 10.8. The van der Waals surface area contributed by atoms with Crippen LogP contribution < -0.4 is 11.1 Å². The highest BCUT2D eigenvalue weighted by molar-refractivity contribution is 5.75. The van der Waals surface area contributed by atoms with Crippen LogP contribution in [0.2, 0.25) is 0 Å². The second kappa shape index (κ2) is 8.09. The van der Waals surface area contributed by atoms with E-state index in [2.05, 4.69) is 11.2 Å². The van der Waals surface area contributed by atoms with Gasteiger partial charge >= 0.3 is 0 Å². The molecule has 0 aliphatic rings. The van der Waals surface area contributed by atoms with E-state index in [9.17, 15) is 4.79 Å². The highest BCUT2D eigenvalue weighted by Gasteiger charge is 1.96. The van der Waals surface area contributed by atoms with Gasteiger partial charge in [0.15, 0.2) is 0 Å². The molecule has 0 aromatic carbocycles. The molecule has 0 heterocycles. The number of hydrogen-bond donors (Lipinski definition) is 2. The van der Waals surface area contributed by atoms with E-state index in [1.807, 2.05) is 0 Å². The van der Waals surface area contributed by atoms with Gasteiger partial charge in [0.2, 0.25) is 5.91 Å². The molecule has 12 heavy (non-hydrogen) atoms. The fraction of sp³-hybridized carbons (Fsp3) is 0.667. The van der Waals surface area contributed by atoms with Crippen molar-refractivity contribution >= 4 is 5.91 Å². The summed E-state index contributed by atoms with van der Waals surface area (Å²) < 4.78 is 0. The number of amides is 1. The summed E-state index contributed by atoms with van der Waals surface area (Å²) in [6.45, 7) is 1.12. The van der Waals surface area contributed by atoms with Gasteiger partial charge in [0.05, 0.1) is 0 Å². The van der Waals surface area contributed by atoms with E-state index >= 15 is 0 Å². The van der Waals surface area contributed by atoms with E-state index in [1.54, 1.807) is 0 Å². The molecule has 0 bridgehead atoms. The maximum Gasteiger partial charge on any atom is 0.221 e. The summed E-state index contributed by atoms with van der Waals surface area (Å²) in [5.74, 6) is 2.57. The first-order valence-electron chi connectivity index (χ1n) is 4.21. The molecule has 3 N–H and O–H groups in total. The van der Waals surface area contributed by atoms with Crippen molar-refractivity contribution in [2.45, 2.75) is 25.7 Å². The lowest BCUT2D eigenvalue weighted by Crippen LogP contribution is -2.26. The zero-order valence-electron chi connectivity index (χ0n) is 7.31. The monoisotopic (exact) mass is 168 g/mol. The second-order valence-electron chi connectivity index (χ2n) is 2.55. The first-order valence-corrected chi connectivity index (χ1v) is 4.21. The predicted molar refractivity (Wildman–Crippen MR) is 49.4 cm³/mol. The van der Waals surface area contributed by atoms with Gasteiger partial charge in [0, 0.05) is 25.9 Å². The Labute approximate surface area is 73.7 Å². The largest absolute Gasteiger partial charge is 0.356 e. The van der Waals surface area contributed by atoms with Crippen molar-refractivity contribution in [1.29, 1.82) is 0 Å². The van der Waals surface area contributed by atoms with Gasteiger partial charge in [-0.25, -0.2) is 0 Å². The maximum absolute atomic E-state index is 10.8. The minimum atomic E-state index is 0.0261. The van der Waals surface area contributed by atoms with Crippen LogP contribution in [0.5, 0.6) is 0 Å². The van der Waals surface area contributed by atoms with Crippen LogP contribution in [-0.4, -0.2) is 19.0 Å². The fourth-order valence-corrected chi connectivity index (χ4v) is 0.799. The quantitative estimate of drug-likeness (QED) is 0.441. The Balaban J connectivity index is 3.09. The van der Waals surface area contributed by atoms with E-state index in [1.165, 1.54) is 0 Å². The van der Waals surface area contributed by atoms with Crippen LogP contribution in [0.1, 0.15) is 25.7 Å². The molecule has 0 aliphatic carbocycles. The van der Waals surface area contributed by atoms with Crippen LogP contribution in [-0.2, 0) is 4.79 Å². The standard InChI is InChI=1S/C9H16N2O/c1-2-3-4-5-8-11-9(12)6-7-10/h1H,3-8,10H2,(H,11,12). The van der Waals surface area contributed by atoms with Crippen molar-refractivity contribution < 1.29 is 4.79 Å². The summed E-state index contributed by atoms with van der Waals surface area (Å²) in [5.41, 5.74) is 5.19. The van der Waals surface area contributed by atoms with Crippen LogP contribution in [0.4, 0.5) is 0 Å². The number of hydrogen-bond acceptors (Lipinski definition) is 2. The Bertz CT molecular complexity index is 160. The van der Waals surface area contributed by atoms with Crippen molar-refractivity contribution in [2.24, 2.45) is 5.73 Å². The molecule has 68 valence electrons. The minimum Gasteiger partial charge on any atom is -0.356 e. The number of unbranched alkanes of at least 4 members (excludes halogenated alkanes) is 2. The third-order valence-corrected chi connectivity index (χ3v) is 1.44. The summed E-state index contributed by atoms with van der Waals surface area (Å²) in [7, 11) is 0. The van der Waals surface area contributed by atoms with Crippen LogP contribution in [0.15, 0.2) is 0 Å². The van der Waals surface area contributed by atoms with Gasteiger partial charge < -0.3 is 11.1 Å². The van der Waals surface area contributed by atoms with Crippen LogP contribution in [0, 0.1) is 12.3 Å². The Kier molecular flexibility index (Phi) is 7.41. The minimum absolute atomic E-state index is 0.0261. The van der Waals surface area contributed by atoms with E-state index in [-0.39, 0.29) is 5.91 Å². The van der Waals surface area contributed by atoms with Crippen molar-refractivity contribution in [3.8, 4) is 12.3 Å². The van der Waals surface area contributed by atoms with Gasteiger partial charge in [-0.3, -0.25) is 4.79 Å². The Morgan fingerprint density at radius 1 is 1.50 bits per heavy atom. The molecule has 0 aliphatic heterocycles. The summed E-state index contributed by atoms with van der Waals surface area (Å²) in [6.07, 6.45) is 8.18. The SMILES string of the molecule is C#CCCCCNC(=O)CCN. The molecule has 1 amide bonds. The second-order valence-corrected chi connectivity index (χ2v) is 2.55. The van der Waals surface area contributed by atoms with Crippen molar-refractivity contribution in [2.75, 3.05) is 13.1 Å². The number of carbonyl (C=O) groups is 1. The third-order valence-electron chi connectivity index (χ3n) is 1.44. The van der Waals surface area contributed by atoms with Gasteiger partial charge in [0.25, 0.3) is 0 Å². The molecule has 0 spiro atoms. The fourth-order valence-electron chi connectivity index (χ4n) is 0.799. The number of rotatable bonds is 6. The Hall–Kier alpha value is -1.01. The molecule has 0 radical (unpaired) electrons. The van der Waals surface area contributed by atoms with E-state index in [0.29, 0.717) is 19.5 Å². The lowest BCUT2D eigenvalue weighted by atomic mass is 10.2. The normalized spacial score (nSPS) is 9.00. The van der Waals surface area contributed by atoms with Crippen molar-refractivity contribution in [3.63, 3.8) is 0 Å². The lowest BCUT2D eigenvalue weighted by molar-refractivity contribution is -0.120. The average Bonchev–Trinajstić information content (AvgIpc) is 2.05. The number of terminal acetylenes is 1. The van der Waals surface area contributed by atoms with Crippen LogP contribution in [0.25, 0.3) is 0 Å². The van der Waals surface area contributed by atoms with Gasteiger partial charge in [-0.2, -0.15) is 0 Å². The Morgan fingerprint density at radius 3 is 2.83 bits per heavy atom. The van der Waals surface area contributed by atoms with Crippen molar-refractivity contribution in [1.82, 2.24) is 5.32 Å². The van der Waals surface area contributed by atoms with E-state index < -0.39 is 0 Å². The summed E-state index contributed by atoms with van der Waals surface area (Å²) >= 11 is 0. The zero-order valence-corrected chi connectivity index (χ0v) is 7.31. The first-order chi connectivity index (χ1) is 5.81. The van der Waals surface area contributed by atoms with Crippen LogP contribution in [0.3, 0.4) is 0 Å². The topological polar surface area (TPSA) is 55.1 Å². The summed E-state index contributed by atoms with van der Waals surface area (Å²) in [4.78, 5) is 10.8. The number of carbonyl (C=O) groups excluding carboxylic acids is 1. The van der Waals surface area contributed by atoms with E-state index in [0.717, 1.165) is 19.3 Å². The molecule has 0 saturated carbocycles. The average molecular weight is 168 g/mol. The molecular weight excluding hydrogens is 152 g/mol. The molecule has 0 rings (SSSR count). The lowest BCUT2D eigenvalue weighted by Gasteiger charge is -2.01. The molecule has 0 saturated heterocycles. The predicted octanol–water partition coefficient (Wildman–Crippen LogP) is 0.255. The smallest absolute Gasteiger partial charge is 0.221 e.